The highest BCUT2D eigenvalue weighted by molar-refractivity contribution is 6.07. The maximum absolute atomic E-state index is 14.2. The highest BCUT2D eigenvalue weighted by Crippen LogP contribution is 2.42. The quantitative estimate of drug-likeness (QED) is 0.206. The van der Waals surface area contributed by atoms with Crippen molar-refractivity contribution >= 4 is 29.4 Å². The van der Waals surface area contributed by atoms with Crippen LogP contribution in [0.15, 0.2) is 65.9 Å². The van der Waals surface area contributed by atoms with Crippen LogP contribution in [0.5, 0.6) is 17.2 Å². The Balaban J connectivity index is 1.81. The molecule has 11 nitrogen and oxygen atoms in total. The Morgan fingerprint density at radius 2 is 1.65 bits per heavy atom. The summed E-state index contributed by atoms with van der Waals surface area (Å²) in [6, 6.07) is 10.8. The molecule has 0 aliphatic heterocycles. The third kappa shape index (κ3) is 5.82. The van der Waals surface area contributed by atoms with Crippen LogP contribution in [0.25, 0.3) is 0 Å². The first-order valence-corrected chi connectivity index (χ1v) is 12.2. The van der Waals surface area contributed by atoms with Gasteiger partial charge in [-0.3, -0.25) is 4.90 Å². The van der Waals surface area contributed by atoms with Crippen molar-refractivity contribution < 1.29 is 37.7 Å². The molecule has 0 radical (unpaired) electrons. The number of urea groups is 2. The van der Waals surface area contributed by atoms with Gasteiger partial charge in [0, 0.05) is 12.1 Å². The second-order valence-corrected chi connectivity index (χ2v) is 8.77. The van der Waals surface area contributed by atoms with Crippen molar-refractivity contribution in [1.29, 1.82) is 5.53 Å². The number of methoxy groups -OCH3 is 1. The smallest absolute Gasteiger partial charge is 0.355 e. The van der Waals surface area contributed by atoms with E-state index in [0.29, 0.717) is 18.6 Å². The molecule has 4 rings (SSSR count). The molecule has 0 aromatic heterocycles. The molecule has 1 fully saturated rings. The predicted molar refractivity (Wildman–Crippen MR) is 139 cm³/mol. The van der Waals surface area contributed by atoms with Gasteiger partial charge in [-0.2, -0.15) is 5.53 Å². The summed E-state index contributed by atoms with van der Waals surface area (Å²) in [7, 11) is 1.28. The van der Waals surface area contributed by atoms with Gasteiger partial charge in [0.05, 0.1) is 12.8 Å². The molecule has 3 aromatic rings. The van der Waals surface area contributed by atoms with E-state index in [9.17, 15) is 28.3 Å². The largest absolute Gasteiger partial charge is 0.496 e. The Hall–Kier alpha value is -5.07. The maximum atomic E-state index is 14.2. The van der Waals surface area contributed by atoms with Crippen molar-refractivity contribution in [1.82, 2.24) is 5.01 Å². The molecule has 0 bridgehead atoms. The number of carboxylic acid groups (broad SMARTS) is 1. The Bertz CT molecular complexity index is 1410. The van der Waals surface area contributed by atoms with E-state index in [0.717, 1.165) is 35.9 Å². The fraction of sp³-hybridized carbons (Fsp3) is 0.222. The van der Waals surface area contributed by atoms with Crippen LogP contribution in [0, 0.1) is 17.2 Å². The standard InChI is InChI=1S/C27H25F2N5O6/c1-39-22-15-23(40-17-10-3-2-4-11-17)21(14-18(22)25(35)36)33(16-8-5-6-9-16)27(38)34(32-30)26(37)31-24-19(28)12-7-13-20(24)29/h2-4,7,10-16,30H,5-6,8-9H2,1H3,(H,31,37)(H,35,36). The van der Waals surface area contributed by atoms with Gasteiger partial charge in [0.15, 0.2) is 5.75 Å². The monoisotopic (exact) mass is 553 g/mol. The summed E-state index contributed by atoms with van der Waals surface area (Å²) in [6.07, 6.45) is 2.44. The maximum Gasteiger partial charge on any atom is 0.355 e. The van der Waals surface area contributed by atoms with Gasteiger partial charge in [-0.25, -0.2) is 23.2 Å². The molecule has 4 amide bonds. The number of nitrogens with zero attached hydrogens (tertiary/aromatic N) is 3. The molecule has 13 heteroatoms. The SMILES string of the molecule is COc1cc(Oc2ccccc2)c(N(C(=O)N(N=N)C(=O)Nc2c(F)cccc2F)C2CCCC2)cc1C(=O)O. The molecule has 0 atom stereocenters. The van der Waals surface area contributed by atoms with E-state index in [1.165, 1.54) is 19.2 Å². The summed E-state index contributed by atoms with van der Waals surface area (Å²) < 4.78 is 39.6. The zero-order chi connectivity index (χ0) is 28.8. The van der Waals surface area contributed by atoms with E-state index < -0.39 is 41.4 Å². The van der Waals surface area contributed by atoms with Gasteiger partial charge in [0.25, 0.3) is 0 Å². The molecule has 3 aromatic carbocycles. The molecule has 40 heavy (non-hydrogen) atoms. The number of carbonyl (C=O) groups excluding carboxylic acids is 2. The summed E-state index contributed by atoms with van der Waals surface area (Å²) in [5.74, 6) is -3.20. The van der Waals surface area contributed by atoms with E-state index in [-0.39, 0.29) is 27.8 Å². The Labute approximate surface area is 227 Å². The lowest BCUT2D eigenvalue weighted by Gasteiger charge is -2.32. The highest BCUT2D eigenvalue weighted by Gasteiger charge is 2.37. The van der Waals surface area contributed by atoms with Crippen LogP contribution >= 0.6 is 0 Å². The minimum Gasteiger partial charge on any atom is -0.496 e. The van der Waals surface area contributed by atoms with Crippen LogP contribution in [0.1, 0.15) is 36.0 Å². The molecule has 1 saturated carbocycles. The number of nitrogens with one attached hydrogen (secondary N) is 2. The number of benzene rings is 3. The number of hydrogen-bond acceptors (Lipinski definition) is 7. The number of para-hydroxylation sites is 2. The number of imide groups is 1. The molecule has 0 unspecified atom stereocenters. The van der Waals surface area contributed by atoms with E-state index >= 15 is 0 Å². The lowest BCUT2D eigenvalue weighted by atomic mass is 10.1. The number of halogens is 2. The van der Waals surface area contributed by atoms with Crippen molar-refractivity contribution in [2.75, 3.05) is 17.3 Å². The lowest BCUT2D eigenvalue weighted by molar-refractivity contribution is 0.0693. The van der Waals surface area contributed by atoms with Crippen molar-refractivity contribution in [3.63, 3.8) is 0 Å². The van der Waals surface area contributed by atoms with Gasteiger partial charge in [0.1, 0.15) is 34.4 Å². The number of carboxylic acids is 1. The number of rotatable bonds is 8. The van der Waals surface area contributed by atoms with E-state index in [1.54, 1.807) is 30.3 Å². The Kier molecular flexibility index (Phi) is 8.52. The Morgan fingerprint density at radius 1 is 1.00 bits per heavy atom. The fourth-order valence-electron chi connectivity index (χ4n) is 4.44. The van der Waals surface area contributed by atoms with Crippen molar-refractivity contribution in [2.45, 2.75) is 31.7 Å². The average Bonchev–Trinajstić information content (AvgIpc) is 3.47. The van der Waals surface area contributed by atoms with Crippen LogP contribution in [0.4, 0.5) is 29.7 Å². The molecule has 3 N–H and O–H groups in total. The Morgan fingerprint density at radius 3 is 2.23 bits per heavy atom. The second kappa shape index (κ2) is 12.2. The number of anilines is 2. The lowest BCUT2D eigenvalue weighted by Crippen LogP contribution is -2.49. The predicted octanol–water partition coefficient (Wildman–Crippen LogP) is 6.81. The van der Waals surface area contributed by atoms with Crippen LogP contribution in [0.3, 0.4) is 0 Å². The molecular formula is C27H25F2N5O6. The highest BCUT2D eigenvalue weighted by atomic mass is 19.1. The van der Waals surface area contributed by atoms with Crippen LogP contribution in [-0.2, 0) is 0 Å². The molecule has 0 saturated heterocycles. The molecule has 0 heterocycles. The van der Waals surface area contributed by atoms with Gasteiger partial charge in [-0.05, 0) is 43.2 Å². The van der Waals surface area contributed by atoms with Crippen LogP contribution < -0.4 is 19.7 Å². The van der Waals surface area contributed by atoms with Gasteiger partial charge >= 0.3 is 18.0 Å². The fourth-order valence-corrected chi connectivity index (χ4v) is 4.44. The van der Waals surface area contributed by atoms with Gasteiger partial charge in [0.2, 0.25) is 0 Å². The number of aromatic carboxylic acids is 1. The van der Waals surface area contributed by atoms with Crippen LogP contribution in [-0.4, -0.2) is 41.3 Å². The van der Waals surface area contributed by atoms with Crippen molar-refractivity contribution in [2.24, 2.45) is 5.22 Å². The summed E-state index contributed by atoms with van der Waals surface area (Å²) in [4.78, 5) is 40.0. The van der Waals surface area contributed by atoms with Crippen LogP contribution in [0.2, 0.25) is 0 Å². The molecule has 1 aliphatic carbocycles. The topological polar surface area (TPSA) is 145 Å². The first-order chi connectivity index (χ1) is 19.2. The minimum atomic E-state index is -1.40. The zero-order valence-corrected chi connectivity index (χ0v) is 21.3. The minimum absolute atomic E-state index is 0.0267. The third-order valence-electron chi connectivity index (χ3n) is 6.31. The third-order valence-corrected chi connectivity index (χ3v) is 6.31. The first-order valence-electron chi connectivity index (χ1n) is 12.2. The van der Waals surface area contributed by atoms with Crippen molar-refractivity contribution in [3.05, 3.63) is 77.9 Å². The molecule has 1 aliphatic rings. The summed E-state index contributed by atoms with van der Waals surface area (Å²) in [5.41, 5.74) is 6.39. The van der Waals surface area contributed by atoms with Gasteiger partial charge < -0.3 is 19.9 Å². The van der Waals surface area contributed by atoms with Gasteiger partial charge in [-0.1, -0.05) is 42.3 Å². The zero-order valence-electron chi connectivity index (χ0n) is 21.3. The van der Waals surface area contributed by atoms with E-state index in [1.807, 2.05) is 5.32 Å². The normalized spacial score (nSPS) is 12.9. The number of amides is 4. The van der Waals surface area contributed by atoms with E-state index in [4.69, 9.17) is 15.0 Å². The number of ether oxygens (including phenoxy) is 2. The average molecular weight is 554 g/mol. The summed E-state index contributed by atoms with van der Waals surface area (Å²) in [5, 5.41) is 14.9. The molecule has 208 valence electrons. The summed E-state index contributed by atoms with van der Waals surface area (Å²) >= 11 is 0. The van der Waals surface area contributed by atoms with Gasteiger partial charge in [-0.15, -0.1) is 5.01 Å². The second-order valence-electron chi connectivity index (χ2n) is 8.77. The summed E-state index contributed by atoms with van der Waals surface area (Å²) in [6.45, 7) is 0. The number of carbonyl (C=O) groups is 3. The van der Waals surface area contributed by atoms with Crippen molar-refractivity contribution in [3.8, 4) is 17.2 Å². The number of hydrogen-bond donors (Lipinski definition) is 3. The first kappa shape index (κ1) is 28.0. The van der Waals surface area contributed by atoms with E-state index in [2.05, 4.69) is 5.22 Å². The molecule has 0 spiro atoms. The molecular weight excluding hydrogens is 528 g/mol.